The molecule has 0 aliphatic rings. The summed E-state index contributed by atoms with van der Waals surface area (Å²) in [7, 11) is 1.37. The molecule has 0 atom stereocenters. The van der Waals surface area contributed by atoms with Crippen LogP contribution in [0.4, 0.5) is 0 Å². The van der Waals surface area contributed by atoms with Gasteiger partial charge in [0.1, 0.15) is 6.20 Å². The largest absolute Gasteiger partial charge is 0.465 e. The Morgan fingerprint density at radius 2 is 1.87 bits per heavy atom. The molecule has 0 bridgehead atoms. The molecule has 6 heteroatoms. The van der Waals surface area contributed by atoms with Crippen molar-refractivity contribution in [2.75, 3.05) is 7.11 Å². The Kier molecular flexibility index (Phi) is 4.33. The van der Waals surface area contributed by atoms with Gasteiger partial charge in [-0.1, -0.05) is 16.8 Å². The summed E-state index contributed by atoms with van der Waals surface area (Å²) < 4.78 is 6.49. The summed E-state index contributed by atoms with van der Waals surface area (Å²) in [5.74, 6) is 0.309. The van der Waals surface area contributed by atoms with Crippen LogP contribution in [0, 0.1) is 0 Å². The predicted octanol–water partition coefficient (Wildman–Crippen LogP) is 1.66. The van der Waals surface area contributed by atoms with E-state index in [2.05, 4.69) is 19.8 Å². The van der Waals surface area contributed by atoms with Gasteiger partial charge in [0, 0.05) is 29.6 Å². The maximum absolute atomic E-state index is 11.4. The number of methoxy groups -OCH3 is 1. The molecule has 3 aromatic rings. The van der Waals surface area contributed by atoms with Crippen LogP contribution in [0.2, 0.25) is 0 Å². The van der Waals surface area contributed by atoms with Crippen molar-refractivity contribution in [3.8, 4) is 11.4 Å². The number of hydrogen-bond donors (Lipinski definition) is 0. The summed E-state index contributed by atoms with van der Waals surface area (Å²) in [6.45, 7) is 0.609. The molecule has 0 N–H and O–H groups in total. The molecule has 0 radical (unpaired) electrons. The molecule has 0 aliphatic carbocycles. The third-order valence-electron chi connectivity index (χ3n) is 3.31. The fraction of sp³-hybridized carbons (Fsp3) is 0.118. The molecular formula is C17H15N4O2+. The van der Waals surface area contributed by atoms with Gasteiger partial charge < -0.3 is 4.74 Å². The SMILES string of the molecule is COC(=O)c1ccc(C[n+]2ccc(-c3ncccn3)cn2)cc1. The van der Waals surface area contributed by atoms with Crippen LogP contribution in [-0.2, 0) is 11.3 Å². The molecule has 0 fully saturated rings. The first-order chi connectivity index (χ1) is 11.3. The van der Waals surface area contributed by atoms with E-state index in [4.69, 9.17) is 0 Å². The van der Waals surface area contributed by atoms with Crippen LogP contribution in [0.1, 0.15) is 15.9 Å². The molecule has 0 unspecified atom stereocenters. The van der Waals surface area contributed by atoms with Crippen molar-refractivity contribution in [2.45, 2.75) is 6.54 Å². The van der Waals surface area contributed by atoms with E-state index in [1.165, 1.54) is 7.11 Å². The lowest BCUT2D eigenvalue weighted by atomic mass is 10.1. The molecule has 0 amide bonds. The normalized spacial score (nSPS) is 10.3. The van der Waals surface area contributed by atoms with Crippen LogP contribution in [0.15, 0.2) is 61.2 Å². The number of carbonyl (C=O) groups excluding carboxylic acids is 1. The van der Waals surface area contributed by atoms with Gasteiger partial charge in [0.2, 0.25) is 0 Å². The van der Waals surface area contributed by atoms with Crippen LogP contribution in [0.5, 0.6) is 0 Å². The Bertz CT molecular complexity index is 787. The molecule has 0 aliphatic heterocycles. The lowest BCUT2D eigenvalue weighted by Crippen LogP contribution is -2.37. The van der Waals surface area contributed by atoms with Crippen LogP contribution in [-0.4, -0.2) is 28.1 Å². The van der Waals surface area contributed by atoms with Crippen LogP contribution in [0.3, 0.4) is 0 Å². The van der Waals surface area contributed by atoms with Gasteiger partial charge in [-0.2, -0.15) is 0 Å². The maximum Gasteiger partial charge on any atom is 0.337 e. The van der Waals surface area contributed by atoms with Crippen LogP contribution < -0.4 is 4.68 Å². The van der Waals surface area contributed by atoms with E-state index in [0.717, 1.165) is 11.1 Å². The summed E-state index contributed by atoms with van der Waals surface area (Å²) in [5.41, 5.74) is 2.44. The van der Waals surface area contributed by atoms with Crippen molar-refractivity contribution >= 4 is 5.97 Å². The van der Waals surface area contributed by atoms with Crippen molar-refractivity contribution in [1.82, 2.24) is 15.1 Å². The van der Waals surface area contributed by atoms with Crippen LogP contribution >= 0.6 is 0 Å². The van der Waals surface area contributed by atoms with Crippen molar-refractivity contribution in [3.63, 3.8) is 0 Å². The number of hydrogen-bond acceptors (Lipinski definition) is 5. The molecule has 2 heterocycles. The van der Waals surface area contributed by atoms with Crippen molar-refractivity contribution in [2.24, 2.45) is 0 Å². The minimum absolute atomic E-state index is 0.338. The van der Waals surface area contributed by atoms with E-state index in [1.807, 2.05) is 24.4 Å². The second-order valence-corrected chi connectivity index (χ2v) is 4.87. The van der Waals surface area contributed by atoms with E-state index >= 15 is 0 Å². The summed E-state index contributed by atoms with van der Waals surface area (Å²) >= 11 is 0. The number of aromatic nitrogens is 4. The first-order valence-electron chi connectivity index (χ1n) is 7.07. The Morgan fingerprint density at radius 1 is 1.13 bits per heavy atom. The van der Waals surface area contributed by atoms with Gasteiger partial charge >= 0.3 is 5.97 Å². The lowest BCUT2D eigenvalue weighted by Gasteiger charge is -2.01. The topological polar surface area (TPSA) is 68.8 Å². The highest BCUT2D eigenvalue weighted by Crippen LogP contribution is 2.10. The van der Waals surface area contributed by atoms with E-state index in [9.17, 15) is 4.79 Å². The van der Waals surface area contributed by atoms with Gasteiger partial charge in [0.15, 0.2) is 18.6 Å². The third kappa shape index (κ3) is 3.55. The molecule has 0 saturated heterocycles. The van der Waals surface area contributed by atoms with Crippen molar-refractivity contribution in [1.29, 1.82) is 0 Å². The molecule has 0 saturated carbocycles. The average Bonchev–Trinajstić information content (AvgIpc) is 2.63. The molecule has 2 aromatic heterocycles. The van der Waals surface area contributed by atoms with Gasteiger partial charge in [-0.15, -0.1) is 0 Å². The monoisotopic (exact) mass is 307 g/mol. The Morgan fingerprint density at radius 3 is 2.48 bits per heavy atom. The summed E-state index contributed by atoms with van der Waals surface area (Å²) in [6.07, 6.45) is 7.01. The zero-order valence-electron chi connectivity index (χ0n) is 12.6. The molecule has 0 spiro atoms. The molecule has 1 aromatic carbocycles. The highest BCUT2D eigenvalue weighted by molar-refractivity contribution is 5.89. The van der Waals surface area contributed by atoms with Crippen LogP contribution in [0.25, 0.3) is 11.4 Å². The summed E-state index contributed by atoms with van der Waals surface area (Å²) in [5, 5.41) is 4.37. The van der Waals surface area contributed by atoms with E-state index in [0.29, 0.717) is 17.9 Å². The number of rotatable bonds is 4. The summed E-state index contributed by atoms with van der Waals surface area (Å²) in [6, 6.07) is 11.0. The average molecular weight is 307 g/mol. The fourth-order valence-corrected chi connectivity index (χ4v) is 2.11. The zero-order valence-corrected chi connectivity index (χ0v) is 12.6. The Hall–Kier alpha value is -3.15. The van der Waals surface area contributed by atoms with E-state index in [-0.39, 0.29) is 5.97 Å². The fourth-order valence-electron chi connectivity index (χ4n) is 2.11. The Labute approximate surface area is 133 Å². The maximum atomic E-state index is 11.4. The molecule has 23 heavy (non-hydrogen) atoms. The smallest absolute Gasteiger partial charge is 0.337 e. The Balaban J connectivity index is 1.72. The number of nitrogens with zero attached hydrogens (tertiary/aromatic N) is 4. The molecule has 114 valence electrons. The predicted molar refractivity (Wildman–Crippen MR) is 82.3 cm³/mol. The van der Waals surface area contributed by atoms with Gasteiger partial charge in [-0.05, 0) is 23.3 Å². The first-order valence-corrected chi connectivity index (χ1v) is 7.07. The number of benzene rings is 1. The summed E-state index contributed by atoms with van der Waals surface area (Å²) in [4.78, 5) is 19.8. The first kappa shape index (κ1) is 14.8. The van der Waals surface area contributed by atoms with Gasteiger partial charge in [0.05, 0.1) is 12.7 Å². The second kappa shape index (κ2) is 6.74. The number of esters is 1. The van der Waals surface area contributed by atoms with Crippen molar-refractivity contribution in [3.05, 3.63) is 72.3 Å². The minimum atomic E-state index is -0.338. The van der Waals surface area contributed by atoms with Gasteiger partial charge in [-0.25, -0.2) is 14.8 Å². The molecule has 6 nitrogen and oxygen atoms in total. The highest BCUT2D eigenvalue weighted by Gasteiger charge is 2.09. The zero-order chi connectivity index (χ0) is 16.1. The lowest BCUT2D eigenvalue weighted by molar-refractivity contribution is -0.746. The second-order valence-electron chi connectivity index (χ2n) is 4.87. The van der Waals surface area contributed by atoms with Crippen molar-refractivity contribution < 1.29 is 14.2 Å². The standard InChI is InChI=1S/C17H15N4O2/c1-23-17(22)14-5-3-13(4-6-14)12-21-10-7-15(11-20-21)16-18-8-2-9-19-16/h2-11H,12H2,1H3/q+1. The molecular weight excluding hydrogens is 292 g/mol. The van der Waals surface area contributed by atoms with Gasteiger partial charge in [0.25, 0.3) is 0 Å². The quantitative estimate of drug-likeness (QED) is 0.541. The highest BCUT2D eigenvalue weighted by atomic mass is 16.5. The third-order valence-corrected chi connectivity index (χ3v) is 3.31. The number of ether oxygens (including phenoxy) is 1. The minimum Gasteiger partial charge on any atom is -0.465 e. The van der Waals surface area contributed by atoms with E-state index in [1.54, 1.807) is 41.5 Å². The van der Waals surface area contributed by atoms with Gasteiger partial charge in [-0.3, -0.25) is 0 Å². The van der Waals surface area contributed by atoms with E-state index < -0.39 is 0 Å². The molecule has 3 rings (SSSR count). The number of carbonyl (C=O) groups is 1.